The highest BCUT2D eigenvalue weighted by Gasteiger charge is 2.48. The smallest absolute Gasteiger partial charge is 0.301 e. The summed E-state index contributed by atoms with van der Waals surface area (Å²) in [5, 5.41) is 15.1. The number of halogens is 1. The number of carbonyl (C=O) groups excluding carboxylic acids is 2. The first-order valence-electron chi connectivity index (χ1n) is 10.0. The summed E-state index contributed by atoms with van der Waals surface area (Å²) >= 11 is 3.40. The molecule has 1 N–H and O–H groups in total. The molecule has 1 fully saturated rings. The van der Waals surface area contributed by atoms with E-state index in [9.17, 15) is 14.7 Å². The van der Waals surface area contributed by atoms with Gasteiger partial charge in [-0.3, -0.25) is 14.5 Å². The van der Waals surface area contributed by atoms with Crippen LogP contribution in [0.1, 0.15) is 36.8 Å². The molecule has 0 radical (unpaired) electrons. The van der Waals surface area contributed by atoms with Crippen LogP contribution < -0.4 is 9.64 Å². The molecule has 3 aromatic rings. The Bertz CT molecular complexity index is 1200. The number of ketones is 1. The van der Waals surface area contributed by atoms with Crippen molar-refractivity contribution in [2.75, 3.05) is 4.90 Å². The Kier molecular flexibility index (Phi) is 5.88. The van der Waals surface area contributed by atoms with E-state index in [0.29, 0.717) is 22.6 Å². The molecule has 0 spiro atoms. The van der Waals surface area contributed by atoms with Crippen molar-refractivity contribution in [3.05, 3.63) is 81.5 Å². The van der Waals surface area contributed by atoms with E-state index in [1.54, 1.807) is 49.4 Å². The van der Waals surface area contributed by atoms with Crippen LogP contribution in [0.4, 0.5) is 5.82 Å². The van der Waals surface area contributed by atoms with Crippen molar-refractivity contribution in [2.24, 2.45) is 0 Å². The third kappa shape index (κ3) is 4.05. The van der Waals surface area contributed by atoms with E-state index in [0.717, 1.165) is 4.47 Å². The van der Waals surface area contributed by atoms with Gasteiger partial charge in [-0.2, -0.15) is 0 Å². The van der Waals surface area contributed by atoms with Crippen molar-refractivity contribution in [3.63, 3.8) is 0 Å². The Morgan fingerprint density at radius 1 is 1.12 bits per heavy atom. The Balaban J connectivity index is 1.85. The summed E-state index contributed by atoms with van der Waals surface area (Å²) in [5.74, 6) is -0.504. The Labute approximate surface area is 193 Å². The van der Waals surface area contributed by atoms with Gasteiger partial charge in [-0.1, -0.05) is 33.2 Å². The van der Waals surface area contributed by atoms with E-state index in [4.69, 9.17) is 9.26 Å². The number of amides is 1. The van der Waals surface area contributed by atoms with Crippen LogP contribution in [0.3, 0.4) is 0 Å². The van der Waals surface area contributed by atoms with Crippen LogP contribution >= 0.6 is 15.9 Å². The van der Waals surface area contributed by atoms with Crippen molar-refractivity contribution in [2.45, 2.75) is 32.9 Å². The average Bonchev–Trinajstić information content (AvgIpc) is 3.29. The summed E-state index contributed by atoms with van der Waals surface area (Å²) in [5.41, 5.74) is 1.03. The summed E-state index contributed by atoms with van der Waals surface area (Å²) in [7, 11) is 0. The number of hydrogen-bond acceptors (Lipinski definition) is 6. The summed E-state index contributed by atoms with van der Waals surface area (Å²) < 4.78 is 11.6. The minimum atomic E-state index is -0.862. The van der Waals surface area contributed by atoms with Gasteiger partial charge in [0.05, 0.1) is 17.7 Å². The van der Waals surface area contributed by atoms with Gasteiger partial charge in [-0.15, -0.1) is 0 Å². The number of ether oxygens (including phenoxy) is 1. The zero-order valence-corrected chi connectivity index (χ0v) is 19.3. The summed E-state index contributed by atoms with van der Waals surface area (Å²) in [6.07, 6.45) is 0.00286. The normalized spacial score (nSPS) is 17.9. The lowest BCUT2D eigenvalue weighted by atomic mass is 9.95. The van der Waals surface area contributed by atoms with Crippen molar-refractivity contribution in [1.82, 2.24) is 5.16 Å². The lowest BCUT2D eigenvalue weighted by molar-refractivity contribution is -0.132. The number of anilines is 1. The molecular formula is C24H21BrN2O5. The maximum Gasteiger partial charge on any atom is 0.301 e. The van der Waals surface area contributed by atoms with E-state index in [1.807, 2.05) is 26.0 Å². The molecule has 7 nitrogen and oxygen atoms in total. The molecule has 1 aliphatic rings. The van der Waals surface area contributed by atoms with E-state index in [1.165, 1.54) is 4.90 Å². The highest BCUT2D eigenvalue weighted by Crippen LogP contribution is 2.42. The molecule has 32 heavy (non-hydrogen) atoms. The average molecular weight is 497 g/mol. The van der Waals surface area contributed by atoms with E-state index >= 15 is 0 Å². The van der Waals surface area contributed by atoms with Gasteiger partial charge in [0.25, 0.3) is 5.78 Å². The van der Waals surface area contributed by atoms with Gasteiger partial charge in [-0.25, -0.2) is 0 Å². The molecule has 4 rings (SSSR count). The fraction of sp³-hybridized carbons (Fsp3) is 0.208. The third-order valence-corrected chi connectivity index (χ3v) is 5.52. The first kappa shape index (κ1) is 21.8. The number of aromatic nitrogens is 1. The standard InChI is InChI=1S/C24H21BrN2O5/c1-13(2)31-18-10-6-16(7-11-18)22(28)20-21(15-4-8-17(25)9-5-15)27(24(30)23(20)29)19-12-14(3)32-26-19/h4-13,21,28H,1-3H3/t21-/m0/s1. The largest absolute Gasteiger partial charge is 0.507 e. The lowest BCUT2D eigenvalue weighted by Crippen LogP contribution is -2.29. The lowest BCUT2D eigenvalue weighted by Gasteiger charge is -2.23. The molecule has 1 aliphatic heterocycles. The van der Waals surface area contributed by atoms with Gasteiger partial charge in [0, 0.05) is 16.1 Å². The Morgan fingerprint density at radius 2 is 1.78 bits per heavy atom. The van der Waals surface area contributed by atoms with Crippen LogP contribution in [0, 0.1) is 6.92 Å². The second-order valence-electron chi connectivity index (χ2n) is 7.71. The quantitative estimate of drug-likeness (QED) is 0.298. The molecule has 1 atom stereocenters. The van der Waals surface area contributed by atoms with Crippen LogP contribution in [-0.2, 0) is 9.59 Å². The number of Topliss-reactive ketones (excluding diaryl/α,β-unsaturated/α-hetero) is 1. The molecule has 1 amide bonds. The van der Waals surface area contributed by atoms with Crippen LogP contribution in [0.25, 0.3) is 5.76 Å². The third-order valence-electron chi connectivity index (χ3n) is 4.99. The second-order valence-corrected chi connectivity index (χ2v) is 8.62. The number of aryl methyl sites for hydroxylation is 1. The SMILES string of the molecule is Cc1cc(N2C(=O)C(=O)C(=C(O)c3ccc(OC(C)C)cc3)[C@@H]2c2ccc(Br)cc2)no1. The molecule has 164 valence electrons. The predicted molar refractivity (Wildman–Crippen MR) is 122 cm³/mol. The van der Waals surface area contributed by atoms with E-state index in [-0.39, 0.29) is 23.3 Å². The number of benzene rings is 2. The predicted octanol–water partition coefficient (Wildman–Crippen LogP) is 5.16. The summed E-state index contributed by atoms with van der Waals surface area (Å²) in [4.78, 5) is 27.3. The van der Waals surface area contributed by atoms with Gasteiger partial charge in [0.2, 0.25) is 0 Å². The zero-order chi connectivity index (χ0) is 23.0. The molecule has 0 unspecified atom stereocenters. The van der Waals surface area contributed by atoms with Crippen molar-refractivity contribution in [1.29, 1.82) is 0 Å². The number of rotatable bonds is 5. The number of carbonyl (C=O) groups is 2. The number of nitrogens with zero attached hydrogens (tertiary/aromatic N) is 2. The minimum absolute atomic E-state index is 0.00286. The molecular weight excluding hydrogens is 476 g/mol. The monoisotopic (exact) mass is 496 g/mol. The molecule has 8 heteroatoms. The molecule has 2 aromatic carbocycles. The maximum atomic E-state index is 13.1. The Hall–Kier alpha value is -3.39. The fourth-order valence-corrected chi connectivity index (χ4v) is 3.88. The molecule has 0 bridgehead atoms. The molecule has 0 saturated carbocycles. The molecule has 1 saturated heterocycles. The number of hydrogen-bond donors (Lipinski definition) is 1. The van der Waals surface area contributed by atoms with Gasteiger partial charge in [0.15, 0.2) is 5.82 Å². The van der Waals surface area contributed by atoms with E-state index < -0.39 is 17.7 Å². The van der Waals surface area contributed by atoms with Crippen LogP contribution in [0.15, 0.2) is 69.2 Å². The molecule has 0 aliphatic carbocycles. The number of aliphatic hydroxyl groups is 1. The first-order chi connectivity index (χ1) is 15.3. The highest BCUT2D eigenvalue weighted by atomic mass is 79.9. The summed E-state index contributed by atoms with van der Waals surface area (Å²) in [6, 6.07) is 14.6. The zero-order valence-electron chi connectivity index (χ0n) is 17.7. The summed E-state index contributed by atoms with van der Waals surface area (Å²) in [6.45, 7) is 5.53. The van der Waals surface area contributed by atoms with Gasteiger partial charge >= 0.3 is 5.91 Å². The van der Waals surface area contributed by atoms with Gasteiger partial charge < -0.3 is 14.4 Å². The number of aliphatic hydroxyl groups excluding tert-OH is 1. The van der Waals surface area contributed by atoms with Gasteiger partial charge in [0.1, 0.15) is 17.3 Å². The second kappa shape index (κ2) is 8.63. The van der Waals surface area contributed by atoms with Crippen molar-refractivity contribution in [3.8, 4) is 5.75 Å². The fourth-order valence-electron chi connectivity index (χ4n) is 3.62. The minimum Gasteiger partial charge on any atom is -0.507 e. The highest BCUT2D eigenvalue weighted by molar-refractivity contribution is 9.10. The first-order valence-corrected chi connectivity index (χ1v) is 10.8. The van der Waals surface area contributed by atoms with Crippen molar-refractivity contribution < 1.29 is 24.0 Å². The van der Waals surface area contributed by atoms with Crippen LogP contribution in [0.5, 0.6) is 5.75 Å². The maximum absolute atomic E-state index is 13.1. The van der Waals surface area contributed by atoms with Crippen molar-refractivity contribution >= 4 is 39.2 Å². The topological polar surface area (TPSA) is 92.9 Å². The molecule has 1 aromatic heterocycles. The van der Waals surface area contributed by atoms with Crippen LogP contribution in [0.2, 0.25) is 0 Å². The van der Waals surface area contributed by atoms with Crippen LogP contribution in [-0.4, -0.2) is 28.1 Å². The molecule has 2 heterocycles. The van der Waals surface area contributed by atoms with E-state index in [2.05, 4.69) is 21.1 Å². The van der Waals surface area contributed by atoms with Gasteiger partial charge in [-0.05, 0) is 62.7 Å². The Morgan fingerprint density at radius 3 is 2.34 bits per heavy atom.